The number of likely N-dealkylation sites (tertiary alicyclic amines) is 1. The van der Waals surface area contributed by atoms with Crippen molar-refractivity contribution in [2.45, 2.75) is 38.4 Å². The Morgan fingerprint density at radius 2 is 2.29 bits per heavy atom. The molecule has 0 radical (unpaired) electrons. The summed E-state index contributed by atoms with van der Waals surface area (Å²) in [6, 6.07) is 5.67. The third kappa shape index (κ3) is 3.02. The molecule has 0 saturated carbocycles. The van der Waals surface area contributed by atoms with Crippen LogP contribution in [0.3, 0.4) is 0 Å². The molecule has 5 nitrogen and oxygen atoms in total. The van der Waals surface area contributed by atoms with Crippen LogP contribution in [0.15, 0.2) is 24.4 Å². The van der Waals surface area contributed by atoms with E-state index in [0.717, 1.165) is 12.8 Å². The predicted octanol–water partition coefficient (Wildman–Crippen LogP) is 1.88. The third-order valence-electron chi connectivity index (χ3n) is 4.14. The Bertz CT molecular complexity index is 498. The monoisotopic (exact) mass is 290 g/mol. The molecular formula is C16H22N2O3. The Labute approximate surface area is 125 Å². The van der Waals surface area contributed by atoms with Gasteiger partial charge in [-0.3, -0.25) is 4.79 Å². The molecular weight excluding hydrogens is 268 g/mol. The van der Waals surface area contributed by atoms with Crippen molar-refractivity contribution >= 4 is 5.91 Å². The van der Waals surface area contributed by atoms with E-state index in [9.17, 15) is 4.79 Å². The molecule has 1 amide bonds. The maximum absolute atomic E-state index is 12.0. The summed E-state index contributed by atoms with van der Waals surface area (Å²) in [7, 11) is 0. The highest BCUT2D eigenvalue weighted by Crippen LogP contribution is 2.36. The van der Waals surface area contributed by atoms with E-state index in [1.165, 1.54) is 0 Å². The van der Waals surface area contributed by atoms with E-state index in [1.807, 2.05) is 36.9 Å². The van der Waals surface area contributed by atoms with Crippen molar-refractivity contribution in [1.82, 2.24) is 9.88 Å². The minimum Gasteiger partial charge on any atom is -0.474 e. The maximum atomic E-state index is 12.0. The van der Waals surface area contributed by atoms with Gasteiger partial charge in [-0.05, 0) is 6.07 Å². The maximum Gasteiger partial charge on any atom is 0.225 e. The largest absolute Gasteiger partial charge is 0.474 e. The molecule has 0 N–H and O–H groups in total. The van der Waals surface area contributed by atoms with Gasteiger partial charge in [-0.15, -0.1) is 0 Å². The SMILES string of the molecule is CC(C)C(=O)N1CC2(C[C@@H](Oc3ccccn3)CCO2)C1. The fraction of sp³-hybridized carbons (Fsp3) is 0.625. The minimum absolute atomic E-state index is 0.0477. The molecule has 0 unspecified atom stereocenters. The van der Waals surface area contributed by atoms with Gasteiger partial charge in [-0.2, -0.15) is 0 Å². The number of amides is 1. The molecule has 3 heterocycles. The van der Waals surface area contributed by atoms with Crippen molar-refractivity contribution in [3.05, 3.63) is 24.4 Å². The third-order valence-corrected chi connectivity index (χ3v) is 4.14. The van der Waals surface area contributed by atoms with Gasteiger partial charge in [0.2, 0.25) is 11.8 Å². The van der Waals surface area contributed by atoms with Crippen molar-refractivity contribution in [2.24, 2.45) is 5.92 Å². The molecule has 21 heavy (non-hydrogen) atoms. The fourth-order valence-corrected chi connectivity index (χ4v) is 3.06. The highest BCUT2D eigenvalue weighted by atomic mass is 16.5. The van der Waals surface area contributed by atoms with Crippen LogP contribution in [0, 0.1) is 5.92 Å². The summed E-state index contributed by atoms with van der Waals surface area (Å²) in [5.74, 6) is 0.914. The number of rotatable bonds is 3. The molecule has 0 aromatic carbocycles. The van der Waals surface area contributed by atoms with Crippen LogP contribution in [-0.2, 0) is 9.53 Å². The standard InChI is InChI=1S/C16H22N2O3/c1-12(2)15(19)18-10-16(11-18)9-13(6-8-20-16)21-14-5-3-4-7-17-14/h3-5,7,12-13H,6,8-11H2,1-2H3/t13-/m0/s1. The molecule has 1 spiro atoms. The summed E-state index contributed by atoms with van der Waals surface area (Å²) < 4.78 is 11.9. The second-order valence-corrected chi connectivity index (χ2v) is 6.28. The lowest BCUT2D eigenvalue weighted by molar-refractivity contribution is -0.195. The van der Waals surface area contributed by atoms with E-state index in [4.69, 9.17) is 9.47 Å². The van der Waals surface area contributed by atoms with Gasteiger partial charge in [0.1, 0.15) is 11.7 Å². The summed E-state index contributed by atoms with van der Waals surface area (Å²) >= 11 is 0. The zero-order valence-corrected chi connectivity index (χ0v) is 12.6. The molecule has 2 aliphatic heterocycles. The molecule has 1 aromatic heterocycles. The average Bonchev–Trinajstić information content (AvgIpc) is 2.45. The lowest BCUT2D eigenvalue weighted by Crippen LogP contribution is -2.68. The van der Waals surface area contributed by atoms with Crippen LogP contribution < -0.4 is 4.74 Å². The van der Waals surface area contributed by atoms with Gasteiger partial charge < -0.3 is 14.4 Å². The van der Waals surface area contributed by atoms with Crippen LogP contribution in [0.5, 0.6) is 5.88 Å². The Kier molecular flexibility index (Phi) is 3.85. The van der Waals surface area contributed by atoms with Crippen LogP contribution >= 0.6 is 0 Å². The smallest absolute Gasteiger partial charge is 0.225 e. The number of nitrogens with zero attached hydrogens (tertiary/aromatic N) is 2. The highest BCUT2D eigenvalue weighted by molar-refractivity contribution is 5.79. The van der Waals surface area contributed by atoms with Crippen LogP contribution in [0.1, 0.15) is 26.7 Å². The number of hydrogen-bond donors (Lipinski definition) is 0. The zero-order valence-electron chi connectivity index (χ0n) is 12.6. The second kappa shape index (κ2) is 5.64. The van der Waals surface area contributed by atoms with E-state index in [2.05, 4.69) is 4.98 Å². The van der Waals surface area contributed by atoms with Crippen LogP contribution in [0.2, 0.25) is 0 Å². The van der Waals surface area contributed by atoms with Gasteiger partial charge in [-0.25, -0.2) is 4.98 Å². The fourth-order valence-electron chi connectivity index (χ4n) is 3.06. The Morgan fingerprint density at radius 3 is 2.95 bits per heavy atom. The van der Waals surface area contributed by atoms with Crippen LogP contribution in [0.25, 0.3) is 0 Å². The minimum atomic E-state index is -0.206. The number of hydrogen-bond acceptors (Lipinski definition) is 4. The van der Waals surface area contributed by atoms with E-state index in [-0.39, 0.29) is 23.5 Å². The van der Waals surface area contributed by atoms with Gasteiger partial charge in [-0.1, -0.05) is 19.9 Å². The number of carbonyl (C=O) groups is 1. The molecule has 0 bridgehead atoms. The quantitative estimate of drug-likeness (QED) is 0.853. The van der Waals surface area contributed by atoms with Crippen molar-refractivity contribution in [2.75, 3.05) is 19.7 Å². The number of aromatic nitrogens is 1. The zero-order chi connectivity index (χ0) is 14.9. The predicted molar refractivity (Wildman–Crippen MR) is 78.0 cm³/mol. The summed E-state index contributed by atoms with van der Waals surface area (Å²) in [4.78, 5) is 18.0. The summed E-state index contributed by atoms with van der Waals surface area (Å²) in [6.45, 7) is 5.92. The summed E-state index contributed by atoms with van der Waals surface area (Å²) in [5.41, 5.74) is -0.206. The van der Waals surface area contributed by atoms with Gasteiger partial charge in [0.25, 0.3) is 0 Å². The molecule has 1 aromatic rings. The highest BCUT2D eigenvalue weighted by Gasteiger charge is 2.50. The van der Waals surface area contributed by atoms with E-state index < -0.39 is 0 Å². The molecule has 114 valence electrons. The Morgan fingerprint density at radius 1 is 1.48 bits per heavy atom. The first-order valence-corrected chi connectivity index (χ1v) is 7.58. The van der Waals surface area contributed by atoms with E-state index in [1.54, 1.807) is 6.20 Å². The molecule has 5 heteroatoms. The first-order chi connectivity index (χ1) is 10.1. The molecule has 2 aliphatic rings. The summed E-state index contributed by atoms with van der Waals surface area (Å²) in [5, 5.41) is 0. The van der Waals surface area contributed by atoms with Gasteiger partial charge in [0.15, 0.2) is 0 Å². The van der Waals surface area contributed by atoms with Crippen LogP contribution in [-0.4, -0.2) is 47.2 Å². The van der Waals surface area contributed by atoms with Gasteiger partial charge >= 0.3 is 0 Å². The molecule has 2 saturated heterocycles. The number of pyridine rings is 1. The number of carbonyl (C=O) groups excluding carboxylic acids is 1. The molecule has 2 fully saturated rings. The van der Waals surface area contributed by atoms with E-state index >= 15 is 0 Å². The number of ether oxygens (including phenoxy) is 2. The normalized spacial score (nSPS) is 24.0. The van der Waals surface area contributed by atoms with Crippen molar-refractivity contribution in [3.8, 4) is 5.88 Å². The average molecular weight is 290 g/mol. The van der Waals surface area contributed by atoms with Crippen LogP contribution in [0.4, 0.5) is 0 Å². The second-order valence-electron chi connectivity index (χ2n) is 6.28. The first-order valence-electron chi connectivity index (χ1n) is 7.58. The van der Waals surface area contributed by atoms with E-state index in [0.29, 0.717) is 25.6 Å². The Hall–Kier alpha value is -1.62. The van der Waals surface area contributed by atoms with Crippen molar-refractivity contribution in [1.29, 1.82) is 0 Å². The lowest BCUT2D eigenvalue weighted by atomic mass is 9.84. The first kappa shape index (κ1) is 14.3. The van der Waals surface area contributed by atoms with Gasteiger partial charge in [0.05, 0.1) is 19.7 Å². The topological polar surface area (TPSA) is 51.7 Å². The molecule has 3 rings (SSSR count). The van der Waals surface area contributed by atoms with Crippen molar-refractivity contribution < 1.29 is 14.3 Å². The van der Waals surface area contributed by atoms with Crippen molar-refractivity contribution in [3.63, 3.8) is 0 Å². The molecule has 1 atom stereocenters. The lowest BCUT2D eigenvalue weighted by Gasteiger charge is -2.53. The summed E-state index contributed by atoms with van der Waals surface area (Å²) in [6.07, 6.45) is 3.54. The van der Waals surface area contributed by atoms with Gasteiger partial charge in [0, 0.05) is 31.0 Å². The Balaban J connectivity index is 1.56. The molecule has 0 aliphatic carbocycles.